The molecule has 0 aliphatic rings. The van der Waals surface area contributed by atoms with Crippen LogP contribution >= 0.6 is 0 Å². The summed E-state index contributed by atoms with van der Waals surface area (Å²) < 4.78 is 56.7. The Kier molecular flexibility index (Phi) is 5.70. The summed E-state index contributed by atoms with van der Waals surface area (Å²) in [6, 6.07) is 8.07. The predicted molar refractivity (Wildman–Crippen MR) is 87.8 cm³/mol. The number of nitrogens with one attached hydrogen (secondary N) is 1. The lowest BCUT2D eigenvalue weighted by atomic mass is 10.3. The minimum atomic E-state index is -3.95. The van der Waals surface area contributed by atoms with Gasteiger partial charge in [-0.15, -0.1) is 0 Å². The number of amides is 1. The van der Waals surface area contributed by atoms with Gasteiger partial charge in [-0.05, 0) is 36.4 Å². The molecular formula is C16H16F2N2O4S. The van der Waals surface area contributed by atoms with Crippen LogP contribution in [0.2, 0.25) is 0 Å². The van der Waals surface area contributed by atoms with E-state index >= 15 is 0 Å². The molecule has 0 heterocycles. The van der Waals surface area contributed by atoms with E-state index in [-0.39, 0.29) is 16.3 Å². The Bertz CT molecular complexity index is 870. The third-order valence-corrected chi connectivity index (χ3v) is 5.14. The molecule has 25 heavy (non-hydrogen) atoms. The van der Waals surface area contributed by atoms with Gasteiger partial charge in [-0.1, -0.05) is 0 Å². The van der Waals surface area contributed by atoms with E-state index in [2.05, 4.69) is 5.32 Å². The van der Waals surface area contributed by atoms with Crippen LogP contribution < -0.4 is 10.1 Å². The van der Waals surface area contributed by atoms with Crippen LogP contribution in [-0.2, 0) is 14.8 Å². The van der Waals surface area contributed by atoms with E-state index in [4.69, 9.17) is 4.74 Å². The number of methoxy groups -OCH3 is 1. The number of rotatable bonds is 6. The van der Waals surface area contributed by atoms with Crippen LogP contribution in [0.4, 0.5) is 14.5 Å². The molecule has 2 aromatic rings. The molecule has 0 aliphatic heterocycles. The molecule has 0 spiro atoms. The summed E-state index contributed by atoms with van der Waals surface area (Å²) in [5.41, 5.74) is 0.163. The minimum Gasteiger partial charge on any atom is -0.494 e. The molecule has 0 radical (unpaired) electrons. The van der Waals surface area contributed by atoms with Gasteiger partial charge in [-0.25, -0.2) is 17.2 Å². The zero-order chi connectivity index (χ0) is 18.6. The molecular weight excluding hydrogens is 354 g/mol. The highest BCUT2D eigenvalue weighted by Gasteiger charge is 2.23. The first kappa shape index (κ1) is 18.8. The molecule has 134 valence electrons. The van der Waals surface area contributed by atoms with E-state index in [1.807, 2.05) is 0 Å². The first-order valence-corrected chi connectivity index (χ1v) is 8.53. The lowest BCUT2D eigenvalue weighted by Gasteiger charge is -2.17. The van der Waals surface area contributed by atoms with Gasteiger partial charge in [0, 0.05) is 18.8 Å². The van der Waals surface area contributed by atoms with E-state index < -0.39 is 34.1 Å². The highest BCUT2D eigenvalue weighted by atomic mass is 32.2. The van der Waals surface area contributed by atoms with Gasteiger partial charge in [0.15, 0.2) is 11.6 Å². The van der Waals surface area contributed by atoms with E-state index in [1.165, 1.54) is 26.3 Å². The van der Waals surface area contributed by atoms with Gasteiger partial charge in [0.05, 0.1) is 18.6 Å². The van der Waals surface area contributed by atoms with Crippen LogP contribution in [0.5, 0.6) is 5.75 Å². The Morgan fingerprint density at radius 2 is 1.80 bits per heavy atom. The van der Waals surface area contributed by atoms with Gasteiger partial charge in [-0.2, -0.15) is 4.31 Å². The van der Waals surface area contributed by atoms with E-state index in [9.17, 15) is 22.0 Å². The Hall–Kier alpha value is -2.52. The fraction of sp³-hybridized carbons (Fsp3) is 0.188. The number of halogens is 2. The van der Waals surface area contributed by atoms with Crippen molar-refractivity contribution in [3.05, 3.63) is 54.1 Å². The molecule has 6 nitrogen and oxygen atoms in total. The van der Waals surface area contributed by atoms with Crippen molar-refractivity contribution in [1.29, 1.82) is 0 Å². The fourth-order valence-corrected chi connectivity index (χ4v) is 3.15. The lowest BCUT2D eigenvalue weighted by molar-refractivity contribution is -0.116. The Morgan fingerprint density at radius 1 is 1.16 bits per heavy atom. The summed E-state index contributed by atoms with van der Waals surface area (Å²) in [7, 11) is -1.42. The van der Waals surface area contributed by atoms with Crippen molar-refractivity contribution in [2.45, 2.75) is 4.90 Å². The zero-order valence-electron chi connectivity index (χ0n) is 13.5. The third kappa shape index (κ3) is 4.52. The summed E-state index contributed by atoms with van der Waals surface area (Å²) in [4.78, 5) is 11.9. The molecule has 9 heteroatoms. The Morgan fingerprint density at radius 3 is 2.36 bits per heavy atom. The molecule has 0 aromatic heterocycles. The highest BCUT2D eigenvalue weighted by Crippen LogP contribution is 2.21. The number of hydrogen-bond acceptors (Lipinski definition) is 4. The van der Waals surface area contributed by atoms with Gasteiger partial charge in [0.2, 0.25) is 15.9 Å². The molecule has 0 saturated carbocycles. The van der Waals surface area contributed by atoms with Crippen molar-refractivity contribution in [1.82, 2.24) is 4.31 Å². The van der Waals surface area contributed by atoms with Gasteiger partial charge in [0.1, 0.15) is 5.82 Å². The summed E-state index contributed by atoms with van der Waals surface area (Å²) >= 11 is 0. The van der Waals surface area contributed by atoms with Crippen molar-refractivity contribution < 1.29 is 26.7 Å². The van der Waals surface area contributed by atoms with Gasteiger partial charge < -0.3 is 10.1 Å². The number of nitrogens with zero attached hydrogens (tertiary/aromatic N) is 1. The van der Waals surface area contributed by atoms with Crippen molar-refractivity contribution in [2.75, 3.05) is 26.0 Å². The molecule has 0 saturated heterocycles. The largest absolute Gasteiger partial charge is 0.494 e. The van der Waals surface area contributed by atoms with Gasteiger partial charge in [0.25, 0.3) is 0 Å². The number of carbonyl (C=O) groups is 1. The topological polar surface area (TPSA) is 75.7 Å². The van der Waals surface area contributed by atoms with Gasteiger partial charge >= 0.3 is 0 Å². The maximum absolute atomic E-state index is 13.6. The summed E-state index contributed by atoms with van der Waals surface area (Å²) in [6.07, 6.45) is 0. The predicted octanol–water partition coefficient (Wildman–Crippen LogP) is 2.23. The number of anilines is 1. The van der Waals surface area contributed by atoms with E-state index in [1.54, 1.807) is 0 Å². The SMILES string of the molecule is COc1ccc(NC(=O)CN(C)S(=O)(=O)c2ccc(F)cc2)cc1F. The van der Waals surface area contributed by atoms with Crippen molar-refractivity contribution in [2.24, 2.45) is 0 Å². The van der Waals surface area contributed by atoms with Crippen LogP contribution in [0.25, 0.3) is 0 Å². The van der Waals surface area contributed by atoms with Crippen LogP contribution in [0.15, 0.2) is 47.4 Å². The maximum Gasteiger partial charge on any atom is 0.243 e. The maximum atomic E-state index is 13.6. The zero-order valence-corrected chi connectivity index (χ0v) is 14.3. The third-order valence-electron chi connectivity index (χ3n) is 3.32. The smallest absolute Gasteiger partial charge is 0.243 e. The highest BCUT2D eigenvalue weighted by molar-refractivity contribution is 7.89. The molecule has 0 aliphatic carbocycles. The van der Waals surface area contributed by atoms with Crippen LogP contribution in [0.1, 0.15) is 0 Å². The minimum absolute atomic E-state index is 0.0222. The van der Waals surface area contributed by atoms with Crippen molar-refractivity contribution in [3.63, 3.8) is 0 Å². The molecule has 0 fully saturated rings. The molecule has 1 amide bonds. The standard InChI is InChI=1S/C16H16F2N2O4S/c1-20(25(22,23)13-6-3-11(17)4-7-13)10-16(21)19-12-5-8-15(24-2)14(18)9-12/h3-9H,10H2,1-2H3,(H,19,21). The van der Waals surface area contributed by atoms with Crippen molar-refractivity contribution >= 4 is 21.6 Å². The molecule has 2 aromatic carbocycles. The van der Waals surface area contributed by atoms with Crippen LogP contribution in [0.3, 0.4) is 0 Å². The summed E-state index contributed by atoms with van der Waals surface area (Å²) in [6.45, 7) is -0.493. The normalized spacial score (nSPS) is 11.4. The first-order valence-electron chi connectivity index (χ1n) is 7.09. The first-order chi connectivity index (χ1) is 11.7. The number of hydrogen-bond donors (Lipinski definition) is 1. The molecule has 0 atom stereocenters. The average Bonchev–Trinajstić information content (AvgIpc) is 2.55. The van der Waals surface area contributed by atoms with Crippen LogP contribution in [-0.4, -0.2) is 39.3 Å². The number of sulfonamides is 1. The Labute approximate surface area is 144 Å². The van der Waals surface area contributed by atoms with E-state index in [0.29, 0.717) is 0 Å². The molecule has 0 bridgehead atoms. The number of likely N-dealkylation sites (N-methyl/N-ethyl adjacent to an activating group) is 1. The quantitative estimate of drug-likeness (QED) is 0.846. The second kappa shape index (κ2) is 7.58. The Balaban J connectivity index is 2.06. The fourth-order valence-electron chi connectivity index (χ4n) is 2.02. The monoisotopic (exact) mass is 370 g/mol. The number of benzene rings is 2. The van der Waals surface area contributed by atoms with Crippen molar-refractivity contribution in [3.8, 4) is 5.75 Å². The molecule has 1 N–H and O–H groups in total. The van der Waals surface area contributed by atoms with Gasteiger partial charge in [-0.3, -0.25) is 4.79 Å². The summed E-state index contributed by atoms with van der Waals surface area (Å²) in [5.74, 6) is -1.86. The lowest BCUT2D eigenvalue weighted by Crippen LogP contribution is -2.35. The molecule has 2 rings (SSSR count). The second-order valence-corrected chi connectivity index (χ2v) is 7.16. The second-order valence-electron chi connectivity index (χ2n) is 5.11. The number of carbonyl (C=O) groups excluding carboxylic acids is 1. The average molecular weight is 370 g/mol. The number of ether oxygens (including phenoxy) is 1. The molecule has 0 unspecified atom stereocenters. The summed E-state index contributed by atoms with van der Waals surface area (Å²) in [5, 5.41) is 2.40. The van der Waals surface area contributed by atoms with Crippen LogP contribution in [0, 0.1) is 11.6 Å². The van der Waals surface area contributed by atoms with E-state index in [0.717, 1.165) is 34.6 Å².